The fraction of sp³-hybridized carbons (Fsp3) is 0.333. The third kappa shape index (κ3) is 2.38. The highest BCUT2D eigenvalue weighted by atomic mass is 35.5. The summed E-state index contributed by atoms with van der Waals surface area (Å²) < 4.78 is 28.0. The Morgan fingerprint density at radius 3 is 2.40 bits per heavy atom. The Labute approximate surface area is 123 Å². The van der Waals surface area contributed by atoms with Crippen LogP contribution in [-0.2, 0) is 17.1 Å². The zero-order valence-corrected chi connectivity index (χ0v) is 13.2. The van der Waals surface area contributed by atoms with Gasteiger partial charge in [0.2, 0.25) is 0 Å². The van der Waals surface area contributed by atoms with Crippen LogP contribution in [0.4, 0.5) is 5.69 Å². The monoisotopic (exact) mass is 314 g/mol. The lowest BCUT2D eigenvalue weighted by Gasteiger charge is -2.19. The van der Waals surface area contributed by atoms with Crippen molar-refractivity contribution in [2.24, 2.45) is 7.05 Å². The first-order valence-corrected chi connectivity index (χ1v) is 7.67. The summed E-state index contributed by atoms with van der Waals surface area (Å²) in [6.45, 7) is 3.59. The van der Waals surface area contributed by atoms with E-state index in [0.717, 1.165) is 5.69 Å². The van der Waals surface area contributed by atoms with E-state index in [9.17, 15) is 8.42 Å². The number of nitrogens with zero attached hydrogens (tertiary/aromatic N) is 4. The fourth-order valence-corrected chi connectivity index (χ4v) is 3.37. The van der Waals surface area contributed by atoms with Crippen LogP contribution in [0.1, 0.15) is 11.4 Å². The van der Waals surface area contributed by atoms with Crippen LogP contribution in [0.3, 0.4) is 0 Å². The Morgan fingerprint density at radius 1 is 1.30 bits per heavy atom. The molecule has 2 rings (SSSR count). The maximum Gasteiger partial charge on any atom is 0.265 e. The molecule has 0 aliphatic rings. The molecule has 0 aliphatic heterocycles. The van der Waals surface area contributed by atoms with Gasteiger partial charge in [-0.25, -0.2) is 13.4 Å². The van der Waals surface area contributed by atoms with E-state index in [1.165, 1.54) is 29.7 Å². The van der Waals surface area contributed by atoms with E-state index in [1.54, 1.807) is 18.7 Å². The number of halogens is 1. The molecule has 2 aromatic rings. The Bertz CT molecular complexity index is 738. The molecule has 6 nitrogen and oxygen atoms in total. The first-order valence-electron chi connectivity index (χ1n) is 5.86. The van der Waals surface area contributed by atoms with Gasteiger partial charge in [-0.05, 0) is 26.0 Å². The van der Waals surface area contributed by atoms with Crippen LogP contribution in [-0.4, -0.2) is 30.2 Å². The van der Waals surface area contributed by atoms with Crippen LogP contribution in [0.15, 0.2) is 23.2 Å². The van der Waals surface area contributed by atoms with Gasteiger partial charge >= 0.3 is 0 Å². The predicted octanol–water partition coefficient (Wildman–Crippen LogP) is 1.91. The van der Waals surface area contributed by atoms with Gasteiger partial charge in [0.1, 0.15) is 10.0 Å². The molecule has 0 atom stereocenters. The molecule has 0 aliphatic carbocycles. The largest absolute Gasteiger partial charge is 0.270 e. The first-order chi connectivity index (χ1) is 9.25. The molecular weight excluding hydrogens is 300 g/mol. The lowest BCUT2D eigenvalue weighted by Crippen LogP contribution is -2.27. The molecule has 0 aromatic carbocycles. The van der Waals surface area contributed by atoms with Crippen LogP contribution < -0.4 is 4.31 Å². The van der Waals surface area contributed by atoms with Crippen LogP contribution in [0.5, 0.6) is 0 Å². The number of pyridine rings is 1. The number of rotatable bonds is 3. The summed E-state index contributed by atoms with van der Waals surface area (Å²) in [5, 5.41) is 4.48. The maximum absolute atomic E-state index is 12.6. The summed E-state index contributed by atoms with van der Waals surface area (Å²) in [6.07, 6.45) is 1.25. The molecule has 2 aromatic heterocycles. The molecule has 0 radical (unpaired) electrons. The third-order valence-electron chi connectivity index (χ3n) is 3.14. The first kappa shape index (κ1) is 14.8. The molecule has 0 amide bonds. The molecule has 20 heavy (non-hydrogen) atoms. The summed E-state index contributed by atoms with van der Waals surface area (Å²) >= 11 is 5.68. The van der Waals surface area contributed by atoms with Gasteiger partial charge in [0, 0.05) is 20.3 Å². The van der Waals surface area contributed by atoms with Gasteiger partial charge in [0.25, 0.3) is 10.0 Å². The van der Waals surface area contributed by atoms with Crippen molar-refractivity contribution >= 4 is 27.3 Å². The van der Waals surface area contributed by atoms with Gasteiger partial charge in [-0.15, -0.1) is 0 Å². The van der Waals surface area contributed by atoms with E-state index in [1.807, 2.05) is 6.92 Å². The average Bonchev–Trinajstić information content (AvgIpc) is 2.63. The van der Waals surface area contributed by atoms with Crippen molar-refractivity contribution in [3.05, 3.63) is 34.9 Å². The van der Waals surface area contributed by atoms with Crippen molar-refractivity contribution in [1.29, 1.82) is 0 Å². The van der Waals surface area contributed by atoms with Gasteiger partial charge in [0.15, 0.2) is 0 Å². The molecule has 0 bridgehead atoms. The molecule has 0 saturated heterocycles. The Balaban J connectivity index is 2.51. The quantitative estimate of drug-likeness (QED) is 0.812. The van der Waals surface area contributed by atoms with Gasteiger partial charge in [-0.2, -0.15) is 5.10 Å². The highest BCUT2D eigenvalue weighted by Crippen LogP contribution is 2.27. The lowest BCUT2D eigenvalue weighted by molar-refractivity contribution is 0.593. The second kappa shape index (κ2) is 5.06. The molecule has 8 heteroatoms. The van der Waals surface area contributed by atoms with Crippen molar-refractivity contribution in [2.75, 3.05) is 11.4 Å². The van der Waals surface area contributed by atoms with Crippen molar-refractivity contribution < 1.29 is 8.42 Å². The molecular formula is C12H15ClN4O2S. The maximum atomic E-state index is 12.6. The minimum atomic E-state index is -3.68. The third-order valence-corrected chi connectivity index (χ3v) is 5.11. The zero-order valence-electron chi connectivity index (χ0n) is 11.6. The smallest absolute Gasteiger partial charge is 0.265 e. The van der Waals surface area contributed by atoms with Crippen molar-refractivity contribution in [3.8, 4) is 0 Å². The SMILES string of the molecule is Cc1nn(C)c(C)c1N(C)S(=O)(=O)c1ccc(Cl)nc1. The summed E-state index contributed by atoms with van der Waals surface area (Å²) in [4.78, 5) is 3.90. The fourth-order valence-electron chi connectivity index (χ4n) is 2.01. The van der Waals surface area contributed by atoms with Crippen LogP contribution in [0.25, 0.3) is 0 Å². The normalized spacial score (nSPS) is 11.7. The molecule has 0 spiro atoms. The molecule has 2 heterocycles. The second-order valence-electron chi connectivity index (χ2n) is 4.43. The van der Waals surface area contributed by atoms with E-state index in [-0.39, 0.29) is 10.0 Å². The highest BCUT2D eigenvalue weighted by Gasteiger charge is 2.26. The number of hydrogen-bond donors (Lipinski definition) is 0. The van der Waals surface area contributed by atoms with E-state index < -0.39 is 10.0 Å². The van der Waals surface area contributed by atoms with Gasteiger partial charge in [-0.3, -0.25) is 8.99 Å². The summed E-state index contributed by atoms with van der Waals surface area (Å²) in [6, 6.07) is 2.88. The van der Waals surface area contributed by atoms with E-state index in [4.69, 9.17) is 11.6 Å². The lowest BCUT2D eigenvalue weighted by atomic mass is 10.3. The van der Waals surface area contributed by atoms with Gasteiger partial charge in [0.05, 0.1) is 17.1 Å². The van der Waals surface area contributed by atoms with Gasteiger partial charge in [-0.1, -0.05) is 11.6 Å². The number of sulfonamides is 1. The summed E-state index contributed by atoms with van der Waals surface area (Å²) in [5.74, 6) is 0. The average molecular weight is 315 g/mol. The Morgan fingerprint density at radius 2 is 1.95 bits per heavy atom. The summed E-state index contributed by atoms with van der Waals surface area (Å²) in [7, 11) is -0.407. The standard InChI is InChI=1S/C12H15ClN4O2S/c1-8-12(9(2)16(3)15-8)17(4)20(18,19)10-5-6-11(13)14-7-10/h5-7H,1-4H3. The molecule has 0 N–H and O–H groups in total. The molecule has 0 saturated carbocycles. The second-order valence-corrected chi connectivity index (χ2v) is 6.79. The van der Waals surface area contributed by atoms with Gasteiger partial charge < -0.3 is 0 Å². The highest BCUT2D eigenvalue weighted by molar-refractivity contribution is 7.92. The van der Waals surface area contributed by atoms with Crippen LogP contribution >= 0.6 is 11.6 Å². The minimum absolute atomic E-state index is 0.0899. The number of hydrogen-bond acceptors (Lipinski definition) is 4. The minimum Gasteiger partial charge on any atom is -0.270 e. The van der Waals surface area contributed by atoms with Crippen molar-refractivity contribution in [2.45, 2.75) is 18.7 Å². The molecule has 108 valence electrons. The predicted molar refractivity (Wildman–Crippen MR) is 77.5 cm³/mol. The van der Waals surface area contributed by atoms with Crippen LogP contribution in [0.2, 0.25) is 5.15 Å². The van der Waals surface area contributed by atoms with E-state index in [0.29, 0.717) is 11.4 Å². The van der Waals surface area contributed by atoms with E-state index in [2.05, 4.69) is 10.1 Å². The number of aryl methyl sites for hydroxylation is 2. The van der Waals surface area contributed by atoms with Crippen molar-refractivity contribution in [3.63, 3.8) is 0 Å². The van der Waals surface area contributed by atoms with Crippen LogP contribution in [0, 0.1) is 13.8 Å². The number of anilines is 1. The number of aromatic nitrogens is 3. The summed E-state index contributed by atoms with van der Waals surface area (Å²) in [5.41, 5.74) is 2.00. The Hall–Kier alpha value is -1.60. The van der Waals surface area contributed by atoms with E-state index >= 15 is 0 Å². The topological polar surface area (TPSA) is 68.1 Å². The zero-order chi connectivity index (χ0) is 15.1. The Kier molecular flexibility index (Phi) is 3.75. The van der Waals surface area contributed by atoms with Crippen molar-refractivity contribution in [1.82, 2.24) is 14.8 Å². The molecule has 0 fully saturated rings. The molecule has 0 unspecified atom stereocenters.